The molecule has 3 nitrogen and oxygen atoms in total. The van der Waals surface area contributed by atoms with Gasteiger partial charge in [-0.15, -0.1) is 0 Å². The first-order valence-electron chi connectivity index (χ1n) is 5.34. The van der Waals surface area contributed by atoms with E-state index < -0.39 is 0 Å². The van der Waals surface area contributed by atoms with E-state index in [1.165, 1.54) is 11.3 Å². The summed E-state index contributed by atoms with van der Waals surface area (Å²) in [6.45, 7) is 1.01. The van der Waals surface area contributed by atoms with Crippen LogP contribution in [-0.4, -0.2) is 10.5 Å². The number of benzene rings is 1. The van der Waals surface area contributed by atoms with Crippen molar-refractivity contribution < 1.29 is 4.79 Å². The zero-order valence-electron chi connectivity index (χ0n) is 8.81. The third kappa shape index (κ3) is 1.25. The van der Waals surface area contributed by atoms with Crippen LogP contribution in [0, 0.1) is 0 Å². The van der Waals surface area contributed by atoms with Gasteiger partial charge in [0.2, 0.25) is 5.91 Å². The molecule has 2 heterocycles. The van der Waals surface area contributed by atoms with E-state index in [0.717, 1.165) is 18.5 Å². The van der Waals surface area contributed by atoms with Gasteiger partial charge in [-0.05, 0) is 36.2 Å². The number of aryl methyl sites for hydroxylation is 2. The molecule has 0 spiro atoms. The van der Waals surface area contributed by atoms with E-state index in [1.54, 1.807) is 6.07 Å². The summed E-state index contributed by atoms with van der Waals surface area (Å²) in [5.41, 5.74) is 9.46. The molecular formula is C13H12N2O. The van der Waals surface area contributed by atoms with Crippen LogP contribution in [0.2, 0.25) is 0 Å². The minimum atomic E-state index is -0.369. The van der Waals surface area contributed by atoms with Crippen LogP contribution >= 0.6 is 0 Å². The number of carbonyl (C=O) groups excluding carboxylic acids is 1. The first kappa shape index (κ1) is 9.21. The predicted octanol–water partition coefficient (Wildman–Crippen LogP) is 1.81. The maximum atomic E-state index is 11.2. The largest absolute Gasteiger partial charge is 0.366 e. The lowest BCUT2D eigenvalue weighted by Gasteiger charge is -2.19. The summed E-state index contributed by atoms with van der Waals surface area (Å²) in [5, 5.41) is 0. The number of hydrogen-bond donors (Lipinski definition) is 1. The van der Waals surface area contributed by atoms with Crippen LogP contribution in [0.15, 0.2) is 36.5 Å². The number of nitrogens with two attached hydrogens (primary N) is 1. The molecule has 0 radical (unpaired) electrons. The van der Waals surface area contributed by atoms with Crippen LogP contribution in [0.5, 0.6) is 0 Å². The van der Waals surface area contributed by atoms with Crippen LogP contribution in [-0.2, 0) is 13.0 Å². The highest BCUT2D eigenvalue weighted by Crippen LogP contribution is 2.30. The molecule has 1 aliphatic heterocycles. The lowest BCUT2D eigenvalue weighted by molar-refractivity contribution is 0.100. The van der Waals surface area contributed by atoms with Crippen molar-refractivity contribution in [1.82, 2.24) is 4.57 Å². The van der Waals surface area contributed by atoms with Gasteiger partial charge in [-0.1, -0.05) is 6.07 Å². The maximum absolute atomic E-state index is 11.2. The molecule has 0 saturated carbocycles. The van der Waals surface area contributed by atoms with E-state index in [0.29, 0.717) is 5.56 Å². The quantitative estimate of drug-likeness (QED) is 0.770. The van der Waals surface area contributed by atoms with E-state index >= 15 is 0 Å². The van der Waals surface area contributed by atoms with Gasteiger partial charge in [-0.2, -0.15) is 0 Å². The number of carbonyl (C=O) groups is 1. The molecule has 0 unspecified atom stereocenters. The van der Waals surface area contributed by atoms with Gasteiger partial charge in [0.05, 0.1) is 0 Å². The van der Waals surface area contributed by atoms with Gasteiger partial charge in [0.15, 0.2) is 0 Å². The number of fused-ring (bicyclic) bond motifs is 3. The summed E-state index contributed by atoms with van der Waals surface area (Å²) < 4.78 is 2.20. The molecule has 0 fully saturated rings. The Morgan fingerprint density at radius 1 is 1.31 bits per heavy atom. The van der Waals surface area contributed by atoms with Crippen molar-refractivity contribution in [1.29, 1.82) is 0 Å². The second-order valence-corrected chi connectivity index (χ2v) is 4.07. The van der Waals surface area contributed by atoms with E-state index in [1.807, 2.05) is 18.2 Å². The zero-order chi connectivity index (χ0) is 11.1. The van der Waals surface area contributed by atoms with Gasteiger partial charge in [0.25, 0.3) is 0 Å². The normalized spacial score (nSPS) is 13.0. The van der Waals surface area contributed by atoms with Crippen molar-refractivity contribution in [2.24, 2.45) is 5.73 Å². The van der Waals surface area contributed by atoms with Crippen molar-refractivity contribution in [2.45, 2.75) is 13.0 Å². The standard InChI is InChI=1S/C13H12N2O/c14-13(16)10-4-3-9-5-7-15-6-1-2-12(15)11(9)8-10/h1-4,6,8H,5,7H2,(H2,14,16). The number of primary amides is 1. The van der Waals surface area contributed by atoms with E-state index in [-0.39, 0.29) is 5.91 Å². The van der Waals surface area contributed by atoms with Crippen molar-refractivity contribution in [2.75, 3.05) is 0 Å². The number of aromatic nitrogens is 1. The molecular weight excluding hydrogens is 200 g/mol. The van der Waals surface area contributed by atoms with Crippen molar-refractivity contribution in [3.05, 3.63) is 47.7 Å². The summed E-state index contributed by atoms with van der Waals surface area (Å²) in [6.07, 6.45) is 3.07. The van der Waals surface area contributed by atoms with Crippen LogP contribution in [0.4, 0.5) is 0 Å². The monoisotopic (exact) mass is 212 g/mol. The van der Waals surface area contributed by atoms with E-state index in [9.17, 15) is 4.79 Å². The molecule has 1 aliphatic rings. The van der Waals surface area contributed by atoms with Crippen molar-refractivity contribution in [3.8, 4) is 11.3 Å². The highest BCUT2D eigenvalue weighted by molar-refractivity contribution is 5.94. The molecule has 0 aliphatic carbocycles. The Morgan fingerprint density at radius 2 is 2.19 bits per heavy atom. The molecule has 3 rings (SSSR count). The van der Waals surface area contributed by atoms with Crippen LogP contribution < -0.4 is 5.73 Å². The average Bonchev–Trinajstić information content (AvgIpc) is 2.76. The highest BCUT2D eigenvalue weighted by atomic mass is 16.1. The summed E-state index contributed by atoms with van der Waals surface area (Å²) in [5.74, 6) is -0.369. The second kappa shape index (κ2) is 3.23. The van der Waals surface area contributed by atoms with Gasteiger partial charge in [-0.25, -0.2) is 0 Å². The molecule has 2 aromatic rings. The first-order chi connectivity index (χ1) is 7.75. The fraction of sp³-hybridized carbons (Fsp3) is 0.154. The molecule has 1 aromatic heterocycles. The summed E-state index contributed by atoms with van der Waals surface area (Å²) in [7, 11) is 0. The van der Waals surface area contributed by atoms with Crippen LogP contribution in [0.1, 0.15) is 15.9 Å². The SMILES string of the molecule is NC(=O)c1ccc2c(c1)-c1cccn1CC2. The maximum Gasteiger partial charge on any atom is 0.248 e. The third-order valence-electron chi connectivity index (χ3n) is 3.12. The Balaban J connectivity index is 2.22. The summed E-state index contributed by atoms with van der Waals surface area (Å²) >= 11 is 0. The van der Waals surface area contributed by atoms with Gasteiger partial charge in [0, 0.05) is 29.6 Å². The van der Waals surface area contributed by atoms with Crippen molar-refractivity contribution >= 4 is 5.91 Å². The zero-order valence-corrected chi connectivity index (χ0v) is 8.81. The molecule has 16 heavy (non-hydrogen) atoms. The third-order valence-corrected chi connectivity index (χ3v) is 3.12. The summed E-state index contributed by atoms with van der Waals surface area (Å²) in [4.78, 5) is 11.2. The second-order valence-electron chi connectivity index (χ2n) is 4.07. The molecule has 0 saturated heterocycles. The van der Waals surface area contributed by atoms with Crippen LogP contribution in [0.25, 0.3) is 11.3 Å². The predicted molar refractivity (Wildman–Crippen MR) is 62.1 cm³/mol. The lowest BCUT2D eigenvalue weighted by atomic mass is 9.96. The molecule has 2 N–H and O–H groups in total. The number of nitrogens with zero attached hydrogens (tertiary/aromatic N) is 1. The molecule has 3 heteroatoms. The van der Waals surface area contributed by atoms with Gasteiger partial charge in [-0.3, -0.25) is 4.79 Å². The average molecular weight is 212 g/mol. The minimum Gasteiger partial charge on any atom is -0.366 e. The molecule has 0 atom stereocenters. The Bertz CT molecular complexity index is 569. The van der Waals surface area contributed by atoms with E-state index in [4.69, 9.17) is 5.73 Å². The Hall–Kier alpha value is -2.03. The molecule has 0 bridgehead atoms. The van der Waals surface area contributed by atoms with Gasteiger partial charge in [0.1, 0.15) is 0 Å². The van der Waals surface area contributed by atoms with Crippen LogP contribution in [0.3, 0.4) is 0 Å². The molecule has 80 valence electrons. The summed E-state index contributed by atoms with van der Waals surface area (Å²) in [6, 6.07) is 9.80. The van der Waals surface area contributed by atoms with E-state index in [2.05, 4.69) is 16.8 Å². The van der Waals surface area contributed by atoms with Gasteiger partial charge >= 0.3 is 0 Å². The topological polar surface area (TPSA) is 48.0 Å². The fourth-order valence-corrected chi connectivity index (χ4v) is 2.28. The fourth-order valence-electron chi connectivity index (χ4n) is 2.28. The Kier molecular flexibility index (Phi) is 1.86. The molecule has 1 aromatic carbocycles. The molecule has 1 amide bonds. The minimum absolute atomic E-state index is 0.369. The number of amides is 1. The number of rotatable bonds is 1. The first-order valence-corrected chi connectivity index (χ1v) is 5.34. The van der Waals surface area contributed by atoms with Gasteiger partial charge < -0.3 is 10.3 Å². The Labute approximate surface area is 93.5 Å². The highest BCUT2D eigenvalue weighted by Gasteiger charge is 2.16. The lowest BCUT2D eigenvalue weighted by Crippen LogP contribution is -2.14. The number of hydrogen-bond acceptors (Lipinski definition) is 1. The Morgan fingerprint density at radius 3 is 3.00 bits per heavy atom. The smallest absolute Gasteiger partial charge is 0.248 e. The van der Waals surface area contributed by atoms with Crippen molar-refractivity contribution in [3.63, 3.8) is 0 Å².